The van der Waals surface area contributed by atoms with E-state index in [0.29, 0.717) is 46.9 Å². The van der Waals surface area contributed by atoms with E-state index < -0.39 is 6.04 Å². The number of hydrogen-bond donors (Lipinski definition) is 0. The van der Waals surface area contributed by atoms with Crippen LogP contribution in [0.3, 0.4) is 0 Å². The van der Waals surface area contributed by atoms with Gasteiger partial charge in [0.25, 0.3) is 11.5 Å². The van der Waals surface area contributed by atoms with E-state index in [-0.39, 0.29) is 11.5 Å². The second kappa shape index (κ2) is 13.1. The van der Waals surface area contributed by atoms with Crippen LogP contribution in [0.2, 0.25) is 0 Å². The minimum atomic E-state index is -0.478. The fraction of sp³-hybridized carbons (Fsp3) is 0.344. The van der Waals surface area contributed by atoms with Crippen molar-refractivity contribution in [1.29, 1.82) is 0 Å². The molecule has 0 saturated carbocycles. The maximum atomic E-state index is 13.9. The summed E-state index contributed by atoms with van der Waals surface area (Å²) in [6, 6.07) is 21.4. The second-order valence-corrected chi connectivity index (χ2v) is 9.52. The summed E-state index contributed by atoms with van der Waals surface area (Å²) in [7, 11) is 1.59. The summed E-state index contributed by atoms with van der Waals surface area (Å²) in [4.78, 5) is 34.6. The number of nitrogens with zero attached hydrogens (tertiary/aromatic N) is 3. The number of ether oxygens (including phenoxy) is 2. The van der Waals surface area contributed by atoms with E-state index in [4.69, 9.17) is 14.5 Å². The Kier molecular flexibility index (Phi) is 9.36. The molecule has 1 amide bonds. The van der Waals surface area contributed by atoms with Crippen molar-refractivity contribution in [2.45, 2.75) is 52.5 Å². The molecule has 0 aliphatic rings. The van der Waals surface area contributed by atoms with Gasteiger partial charge in [-0.25, -0.2) is 4.98 Å². The first-order valence-electron chi connectivity index (χ1n) is 13.7. The zero-order valence-corrected chi connectivity index (χ0v) is 23.2. The van der Waals surface area contributed by atoms with Crippen molar-refractivity contribution in [3.8, 4) is 17.2 Å². The molecule has 0 N–H and O–H groups in total. The van der Waals surface area contributed by atoms with Gasteiger partial charge in [0.1, 0.15) is 17.3 Å². The number of fused-ring (bicyclic) bond motifs is 1. The molecule has 0 bridgehead atoms. The van der Waals surface area contributed by atoms with Crippen molar-refractivity contribution in [2.75, 3.05) is 20.3 Å². The first-order chi connectivity index (χ1) is 19.0. The SMILES string of the molecule is CCCCCCN(C(=O)c1cccc(OC)c1)C(C)c1nc2ccccc2c(=O)n1-c1ccc(OCC)cc1. The predicted octanol–water partition coefficient (Wildman–Crippen LogP) is 6.58. The second-order valence-electron chi connectivity index (χ2n) is 9.52. The van der Waals surface area contributed by atoms with Crippen molar-refractivity contribution in [1.82, 2.24) is 14.5 Å². The van der Waals surface area contributed by atoms with E-state index in [0.717, 1.165) is 31.4 Å². The molecule has 0 aliphatic carbocycles. The lowest BCUT2D eigenvalue weighted by Crippen LogP contribution is -2.38. The number of rotatable bonds is 12. The molecule has 4 aromatic rings. The zero-order chi connectivity index (χ0) is 27.8. The van der Waals surface area contributed by atoms with Crippen LogP contribution in [0.25, 0.3) is 16.6 Å². The van der Waals surface area contributed by atoms with E-state index in [9.17, 15) is 9.59 Å². The zero-order valence-electron chi connectivity index (χ0n) is 23.2. The van der Waals surface area contributed by atoms with Crippen LogP contribution in [0, 0.1) is 0 Å². The number of carbonyl (C=O) groups is 1. The Morgan fingerprint density at radius 1 is 0.949 bits per heavy atom. The molecular weight excluding hydrogens is 490 g/mol. The van der Waals surface area contributed by atoms with E-state index in [1.54, 1.807) is 29.9 Å². The topological polar surface area (TPSA) is 73.7 Å². The smallest absolute Gasteiger partial charge is 0.266 e. The van der Waals surface area contributed by atoms with Crippen LogP contribution in [0.15, 0.2) is 77.6 Å². The Balaban J connectivity index is 1.84. The van der Waals surface area contributed by atoms with E-state index in [2.05, 4.69) is 6.92 Å². The van der Waals surface area contributed by atoms with Gasteiger partial charge >= 0.3 is 0 Å². The van der Waals surface area contributed by atoms with Gasteiger partial charge in [0, 0.05) is 12.1 Å². The number of amides is 1. The fourth-order valence-electron chi connectivity index (χ4n) is 4.78. The molecule has 1 atom stereocenters. The highest BCUT2D eigenvalue weighted by Crippen LogP contribution is 2.27. The summed E-state index contributed by atoms with van der Waals surface area (Å²) in [5.41, 5.74) is 1.63. The van der Waals surface area contributed by atoms with Gasteiger partial charge in [-0.1, -0.05) is 44.4 Å². The Morgan fingerprint density at radius 3 is 2.44 bits per heavy atom. The lowest BCUT2D eigenvalue weighted by Gasteiger charge is -2.31. The highest BCUT2D eigenvalue weighted by molar-refractivity contribution is 5.95. The Hall–Kier alpha value is -4.13. The summed E-state index contributed by atoms with van der Waals surface area (Å²) in [5.74, 6) is 1.73. The summed E-state index contributed by atoms with van der Waals surface area (Å²) >= 11 is 0. The van der Waals surface area contributed by atoms with Gasteiger partial charge in [0.2, 0.25) is 0 Å². The number of unbranched alkanes of at least 4 members (excludes halogenated alkanes) is 3. The van der Waals surface area contributed by atoms with Gasteiger partial charge < -0.3 is 14.4 Å². The van der Waals surface area contributed by atoms with Crippen LogP contribution in [-0.2, 0) is 0 Å². The third-order valence-corrected chi connectivity index (χ3v) is 6.88. The first kappa shape index (κ1) is 27.9. The molecule has 0 spiro atoms. The van der Waals surface area contributed by atoms with Crippen molar-refractivity contribution >= 4 is 16.8 Å². The fourth-order valence-corrected chi connectivity index (χ4v) is 4.78. The maximum absolute atomic E-state index is 13.9. The molecular formula is C32H37N3O4. The average molecular weight is 528 g/mol. The molecule has 0 radical (unpaired) electrons. The van der Waals surface area contributed by atoms with Gasteiger partial charge in [0.15, 0.2) is 0 Å². The summed E-state index contributed by atoms with van der Waals surface area (Å²) in [6.45, 7) is 7.14. The van der Waals surface area contributed by atoms with Gasteiger partial charge in [0.05, 0.1) is 36.3 Å². The standard InChI is InChI=1S/C32H37N3O4/c1-5-7-8-11-21-34(31(36)24-13-12-14-27(22-24)38-4)23(3)30-33-29-16-10-9-15-28(29)32(37)35(30)25-17-19-26(20-18-25)39-6-2/h9-10,12-20,22-23H,5-8,11,21H2,1-4H3. The molecule has 39 heavy (non-hydrogen) atoms. The highest BCUT2D eigenvalue weighted by Gasteiger charge is 2.27. The van der Waals surface area contributed by atoms with Gasteiger partial charge in [-0.2, -0.15) is 0 Å². The number of benzene rings is 3. The molecule has 1 unspecified atom stereocenters. The third-order valence-electron chi connectivity index (χ3n) is 6.88. The third kappa shape index (κ3) is 6.30. The monoisotopic (exact) mass is 527 g/mol. The molecule has 0 aliphatic heterocycles. The minimum absolute atomic E-state index is 0.126. The molecule has 1 aromatic heterocycles. The Morgan fingerprint density at radius 2 is 1.72 bits per heavy atom. The number of para-hydroxylation sites is 1. The number of aromatic nitrogens is 2. The molecule has 204 valence electrons. The largest absolute Gasteiger partial charge is 0.497 e. The number of methoxy groups -OCH3 is 1. The van der Waals surface area contributed by atoms with Crippen LogP contribution in [-0.4, -0.2) is 40.6 Å². The van der Waals surface area contributed by atoms with Crippen LogP contribution >= 0.6 is 0 Å². The van der Waals surface area contributed by atoms with Gasteiger partial charge in [-0.15, -0.1) is 0 Å². The van der Waals surface area contributed by atoms with E-state index in [1.165, 1.54) is 0 Å². The van der Waals surface area contributed by atoms with Crippen LogP contribution in [0.4, 0.5) is 0 Å². The summed E-state index contributed by atoms with van der Waals surface area (Å²) < 4.78 is 12.6. The van der Waals surface area contributed by atoms with Crippen LogP contribution in [0.1, 0.15) is 68.7 Å². The van der Waals surface area contributed by atoms with Crippen LogP contribution < -0.4 is 15.0 Å². The molecule has 7 nitrogen and oxygen atoms in total. The minimum Gasteiger partial charge on any atom is -0.497 e. The van der Waals surface area contributed by atoms with Gasteiger partial charge in [-0.05, 0) is 74.9 Å². The molecule has 4 rings (SSSR count). The summed E-state index contributed by atoms with van der Waals surface area (Å²) in [6.07, 6.45) is 4.07. The van der Waals surface area contributed by atoms with E-state index in [1.807, 2.05) is 73.3 Å². The van der Waals surface area contributed by atoms with Crippen molar-refractivity contribution in [3.05, 3.63) is 94.5 Å². The predicted molar refractivity (Wildman–Crippen MR) is 155 cm³/mol. The van der Waals surface area contributed by atoms with Crippen molar-refractivity contribution < 1.29 is 14.3 Å². The molecule has 7 heteroatoms. The quantitative estimate of drug-likeness (QED) is 0.195. The Labute approximate surface area is 230 Å². The number of hydrogen-bond acceptors (Lipinski definition) is 5. The Bertz CT molecular complexity index is 1460. The maximum Gasteiger partial charge on any atom is 0.266 e. The summed E-state index contributed by atoms with van der Waals surface area (Å²) in [5, 5.41) is 0.524. The normalized spacial score (nSPS) is 11.8. The van der Waals surface area contributed by atoms with E-state index >= 15 is 0 Å². The number of carbonyl (C=O) groups excluding carboxylic acids is 1. The first-order valence-corrected chi connectivity index (χ1v) is 13.7. The average Bonchev–Trinajstić information content (AvgIpc) is 2.97. The molecule has 0 saturated heterocycles. The van der Waals surface area contributed by atoms with Crippen molar-refractivity contribution in [3.63, 3.8) is 0 Å². The lowest BCUT2D eigenvalue weighted by molar-refractivity contribution is 0.0676. The molecule has 0 fully saturated rings. The lowest BCUT2D eigenvalue weighted by atomic mass is 10.1. The van der Waals surface area contributed by atoms with Gasteiger partial charge in [-0.3, -0.25) is 14.2 Å². The highest BCUT2D eigenvalue weighted by atomic mass is 16.5. The van der Waals surface area contributed by atoms with Crippen molar-refractivity contribution in [2.24, 2.45) is 0 Å². The molecule has 3 aromatic carbocycles. The van der Waals surface area contributed by atoms with Crippen LogP contribution in [0.5, 0.6) is 11.5 Å². The molecule has 1 heterocycles.